The standard InChI is InChI=1S/C22H32O2/c1-7-9-10-11-20-18(15(3)23)14-17-12-16(8-2)13-19(21(17)24-20)22(4,5)6/h12-13H,7-11,14H2,1-6H3. The molecule has 0 spiro atoms. The van der Waals surface area contributed by atoms with Gasteiger partial charge in [0.15, 0.2) is 5.78 Å². The van der Waals surface area contributed by atoms with Crippen LogP contribution >= 0.6 is 0 Å². The monoisotopic (exact) mass is 328 g/mol. The first-order chi connectivity index (χ1) is 11.3. The van der Waals surface area contributed by atoms with Crippen LogP contribution in [0.1, 0.15) is 83.9 Å². The maximum absolute atomic E-state index is 12.2. The van der Waals surface area contributed by atoms with E-state index in [1.54, 1.807) is 6.92 Å². The van der Waals surface area contributed by atoms with Gasteiger partial charge in [0.25, 0.3) is 0 Å². The fraction of sp³-hybridized carbons (Fsp3) is 0.591. The normalized spacial score (nSPS) is 14.4. The molecule has 1 aromatic carbocycles. The number of ketones is 1. The van der Waals surface area contributed by atoms with Crippen molar-refractivity contribution in [3.63, 3.8) is 0 Å². The highest BCUT2D eigenvalue weighted by Gasteiger charge is 2.29. The summed E-state index contributed by atoms with van der Waals surface area (Å²) in [6.07, 6.45) is 6.00. The van der Waals surface area contributed by atoms with E-state index in [2.05, 4.69) is 46.8 Å². The topological polar surface area (TPSA) is 26.3 Å². The number of ether oxygens (including phenoxy) is 1. The molecule has 0 N–H and O–H groups in total. The predicted molar refractivity (Wildman–Crippen MR) is 101 cm³/mol. The Morgan fingerprint density at radius 3 is 2.42 bits per heavy atom. The second-order valence-corrected chi connectivity index (χ2v) is 7.93. The third kappa shape index (κ3) is 4.09. The van der Waals surface area contributed by atoms with Crippen molar-refractivity contribution in [2.75, 3.05) is 0 Å². The molecule has 0 bridgehead atoms. The van der Waals surface area contributed by atoms with Gasteiger partial charge in [-0.1, -0.05) is 59.6 Å². The van der Waals surface area contributed by atoms with E-state index in [1.807, 2.05) is 0 Å². The van der Waals surface area contributed by atoms with E-state index < -0.39 is 0 Å². The number of benzene rings is 1. The molecule has 0 saturated carbocycles. The molecule has 0 amide bonds. The van der Waals surface area contributed by atoms with Crippen LogP contribution < -0.4 is 4.74 Å². The molecule has 132 valence electrons. The summed E-state index contributed by atoms with van der Waals surface area (Å²) in [4.78, 5) is 12.2. The average molecular weight is 328 g/mol. The van der Waals surface area contributed by atoms with Gasteiger partial charge in [-0.3, -0.25) is 4.79 Å². The quantitative estimate of drug-likeness (QED) is 0.607. The first-order valence-corrected chi connectivity index (χ1v) is 9.35. The Kier molecular flexibility index (Phi) is 5.90. The molecule has 2 rings (SSSR count). The van der Waals surface area contributed by atoms with E-state index in [9.17, 15) is 4.79 Å². The number of aryl methyl sites for hydroxylation is 1. The average Bonchev–Trinajstić information content (AvgIpc) is 2.52. The lowest BCUT2D eigenvalue weighted by Crippen LogP contribution is -2.21. The van der Waals surface area contributed by atoms with Crippen LogP contribution in [0.25, 0.3) is 0 Å². The van der Waals surface area contributed by atoms with Gasteiger partial charge < -0.3 is 4.74 Å². The number of fused-ring (bicyclic) bond motifs is 1. The molecule has 0 aromatic heterocycles. The van der Waals surface area contributed by atoms with Crippen LogP contribution in [0.5, 0.6) is 5.75 Å². The third-order valence-electron chi connectivity index (χ3n) is 4.80. The fourth-order valence-electron chi connectivity index (χ4n) is 3.30. The molecule has 1 aromatic rings. The Labute approximate surface area is 147 Å². The van der Waals surface area contributed by atoms with E-state index in [0.29, 0.717) is 6.42 Å². The minimum absolute atomic E-state index is 0.0253. The molecule has 2 heteroatoms. The largest absolute Gasteiger partial charge is 0.461 e. The van der Waals surface area contributed by atoms with E-state index in [4.69, 9.17) is 4.74 Å². The molecule has 0 fully saturated rings. The Hall–Kier alpha value is -1.57. The summed E-state index contributed by atoms with van der Waals surface area (Å²) in [5.41, 5.74) is 4.64. The van der Waals surface area contributed by atoms with Crippen molar-refractivity contribution in [1.29, 1.82) is 0 Å². The summed E-state index contributed by atoms with van der Waals surface area (Å²) >= 11 is 0. The highest BCUT2D eigenvalue weighted by molar-refractivity contribution is 5.94. The van der Waals surface area contributed by atoms with Crippen molar-refractivity contribution in [3.05, 3.63) is 40.2 Å². The SMILES string of the molecule is CCCCCC1=C(C(C)=O)Cc2cc(CC)cc(C(C)(C)C)c2O1. The van der Waals surface area contributed by atoms with Crippen LogP contribution in [-0.4, -0.2) is 5.78 Å². The number of hydrogen-bond acceptors (Lipinski definition) is 2. The Balaban J connectivity index is 2.47. The van der Waals surface area contributed by atoms with E-state index in [1.165, 1.54) is 29.5 Å². The molecular formula is C22H32O2. The summed E-state index contributed by atoms with van der Waals surface area (Å²) in [7, 11) is 0. The van der Waals surface area contributed by atoms with Crippen molar-refractivity contribution in [1.82, 2.24) is 0 Å². The van der Waals surface area contributed by atoms with E-state index in [0.717, 1.165) is 36.3 Å². The smallest absolute Gasteiger partial charge is 0.159 e. The van der Waals surface area contributed by atoms with Crippen LogP contribution in [0.15, 0.2) is 23.5 Å². The van der Waals surface area contributed by atoms with Crippen LogP contribution in [0.2, 0.25) is 0 Å². The van der Waals surface area contributed by atoms with Crippen LogP contribution in [0, 0.1) is 0 Å². The minimum atomic E-state index is 0.0253. The van der Waals surface area contributed by atoms with Gasteiger partial charge >= 0.3 is 0 Å². The molecule has 0 saturated heterocycles. The summed E-state index contributed by atoms with van der Waals surface area (Å²) < 4.78 is 6.37. The zero-order valence-corrected chi connectivity index (χ0v) is 16.2. The van der Waals surface area contributed by atoms with Crippen LogP contribution in [0.4, 0.5) is 0 Å². The van der Waals surface area contributed by atoms with Crippen molar-refractivity contribution in [2.24, 2.45) is 0 Å². The molecule has 1 aliphatic rings. The lowest BCUT2D eigenvalue weighted by molar-refractivity contribution is -0.113. The lowest BCUT2D eigenvalue weighted by Gasteiger charge is -2.30. The second-order valence-electron chi connectivity index (χ2n) is 7.93. The van der Waals surface area contributed by atoms with Gasteiger partial charge in [0.1, 0.15) is 11.5 Å². The van der Waals surface area contributed by atoms with E-state index in [-0.39, 0.29) is 11.2 Å². The number of unbranched alkanes of at least 4 members (excludes halogenated alkanes) is 2. The third-order valence-corrected chi connectivity index (χ3v) is 4.80. The number of rotatable bonds is 6. The van der Waals surface area contributed by atoms with Crippen molar-refractivity contribution < 1.29 is 9.53 Å². The van der Waals surface area contributed by atoms with E-state index >= 15 is 0 Å². The number of carbonyl (C=O) groups excluding carboxylic acids is 1. The van der Waals surface area contributed by atoms with Crippen LogP contribution in [-0.2, 0) is 23.1 Å². The van der Waals surface area contributed by atoms with Gasteiger partial charge in [-0.05, 0) is 36.3 Å². The zero-order valence-electron chi connectivity index (χ0n) is 16.2. The number of allylic oxidation sites excluding steroid dienone is 2. The van der Waals surface area contributed by atoms with Gasteiger partial charge in [-0.25, -0.2) is 0 Å². The summed E-state index contributed by atoms with van der Waals surface area (Å²) in [6, 6.07) is 4.50. The number of Topliss-reactive ketones (excluding diaryl/α,β-unsaturated/α-hetero) is 1. The van der Waals surface area contributed by atoms with Crippen molar-refractivity contribution in [2.45, 2.75) is 85.5 Å². The number of hydrogen-bond donors (Lipinski definition) is 0. The number of carbonyl (C=O) groups is 1. The molecule has 24 heavy (non-hydrogen) atoms. The maximum Gasteiger partial charge on any atom is 0.159 e. The predicted octanol–water partition coefficient (Wildman–Crippen LogP) is 5.90. The Morgan fingerprint density at radius 2 is 1.88 bits per heavy atom. The van der Waals surface area contributed by atoms with Gasteiger partial charge in [-0.15, -0.1) is 0 Å². The first kappa shape index (κ1) is 18.8. The lowest BCUT2D eigenvalue weighted by atomic mass is 9.81. The molecule has 1 heterocycles. The second kappa shape index (κ2) is 7.55. The molecular weight excluding hydrogens is 296 g/mol. The highest BCUT2D eigenvalue weighted by Crippen LogP contribution is 2.41. The molecule has 0 atom stereocenters. The minimum Gasteiger partial charge on any atom is -0.461 e. The molecule has 0 radical (unpaired) electrons. The molecule has 0 unspecified atom stereocenters. The fourth-order valence-corrected chi connectivity index (χ4v) is 3.30. The summed E-state index contributed by atoms with van der Waals surface area (Å²) in [6.45, 7) is 12.7. The van der Waals surface area contributed by atoms with Crippen molar-refractivity contribution >= 4 is 5.78 Å². The Bertz CT molecular complexity index is 645. The molecule has 0 aliphatic carbocycles. The maximum atomic E-state index is 12.2. The summed E-state index contributed by atoms with van der Waals surface area (Å²) in [5.74, 6) is 2.04. The summed E-state index contributed by atoms with van der Waals surface area (Å²) in [5, 5.41) is 0. The van der Waals surface area contributed by atoms with Crippen molar-refractivity contribution in [3.8, 4) is 5.75 Å². The van der Waals surface area contributed by atoms with Gasteiger partial charge in [-0.2, -0.15) is 0 Å². The zero-order chi connectivity index (χ0) is 17.9. The first-order valence-electron chi connectivity index (χ1n) is 9.35. The highest BCUT2D eigenvalue weighted by atomic mass is 16.5. The molecule has 1 aliphatic heterocycles. The molecule has 2 nitrogen and oxygen atoms in total. The van der Waals surface area contributed by atoms with Gasteiger partial charge in [0, 0.05) is 24.0 Å². The van der Waals surface area contributed by atoms with Gasteiger partial charge in [0.05, 0.1) is 0 Å². The van der Waals surface area contributed by atoms with Crippen LogP contribution in [0.3, 0.4) is 0 Å². The van der Waals surface area contributed by atoms with Gasteiger partial charge in [0.2, 0.25) is 0 Å². The Morgan fingerprint density at radius 1 is 1.17 bits per heavy atom.